The van der Waals surface area contributed by atoms with E-state index in [1.54, 1.807) is 0 Å². The van der Waals surface area contributed by atoms with Gasteiger partial charge in [0.15, 0.2) is 0 Å². The molecule has 24 heavy (non-hydrogen) atoms. The first-order chi connectivity index (χ1) is 11.7. The highest BCUT2D eigenvalue weighted by atomic mass is 16.5. The number of hydrogen-bond donors (Lipinski definition) is 2. The highest BCUT2D eigenvalue weighted by molar-refractivity contribution is 5.35. The van der Waals surface area contributed by atoms with Gasteiger partial charge in [0.1, 0.15) is 24.7 Å². The number of rotatable bonds is 10. The maximum atomic E-state index is 8.74. The quantitative estimate of drug-likeness (QED) is 0.656. The molecule has 0 amide bonds. The molecule has 0 bridgehead atoms. The van der Waals surface area contributed by atoms with E-state index in [9.17, 15) is 0 Å². The Morgan fingerprint density at radius 2 is 1.67 bits per heavy atom. The highest BCUT2D eigenvalue weighted by Gasteiger charge is 2.06. The molecule has 0 aliphatic carbocycles. The summed E-state index contributed by atoms with van der Waals surface area (Å²) in [6.07, 6.45) is 0. The predicted octanol–water partition coefficient (Wildman–Crippen LogP) is 3.35. The van der Waals surface area contributed by atoms with Gasteiger partial charge >= 0.3 is 0 Å². The number of ether oxygens (including phenoxy) is 2. The van der Waals surface area contributed by atoms with Gasteiger partial charge in [-0.1, -0.05) is 44.2 Å². The monoisotopic (exact) mass is 329 g/mol. The van der Waals surface area contributed by atoms with Crippen molar-refractivity contribution in [3.8, 4) is 11.5 Å². The van der Waals surface area contributed by atoms with Gasteiger partial charge in [-0.3, -0.25) is 0 Å². The second-order valence-corrected chi connectivity index (χ2v) is 5.93. The van der Waals surface area contributed by atoms with Crippen molar-refractivity contribution in [2.24, 2.45) is 0 Å². The Kier molecular flexibility index (Phi) is 7.59. The fourth-order valence-electron chi connectivity index (χ4n) is 2.42. The SMILES string of the molecule is CC(C)c1ccccc1OCCOc1ccc(CNCCO)cc1. The third kappa shape index (κ3) is 5.87. The van der Waals surface area contributed by atoms with E-state index in [1.165, 1.54) is 5.56 Å². The minimum Gasteiger partial charge on any atom is -0.490 e. The number of aliphatic hydroxyl groups is 1. The van der Waals surface area contributed by atoms with Crippen LogP contribution in [0.1, 0.15) is 30.9 Å². The lowest BCUT2D eigenvalue weighted by Gasteiger charge is -2.14. The van der Waals surface area contributed by atoms with Crippen LogP contribution in [-0.4, -0.2) is 31.5 Å². The third-order valence-corrected chi connectivity index (χ3v) is 3.69. The standard InChI is InChI=1S/C20H27NO3/c1-16(2)19-5-3-4-6-20(19)24-14-13-23-18-9-7-17(8-10-18)15-21-11-12-22/h3-10,16,21-22H,11-15H2,1-2H3. The molecule has 2 rings (SSSR count). The predicted molar refractivity (Wildman–Crippen MR) is 96.8 cm³/mol. The van der Waals surface area contributed by atoms with Gasteiger partial charge in [-0.15, -0.1) is 0 Å². The van der Waals surface area contributed by atoms with Crippen LogP contribution in [-0.2, 0) is 6.54 Å². The molecule has 0 saturated carbocycles. The second-order valence-electron chi connectivity index (χ2n) is 5.93. The van der Waals surface area contributed by atoms with Crippen molar-refractivity contribution in [3.05, 3.63) is 59.7 Å². The molecule has 0 radical (unpaired) electrons. The molecule has 4 nitrogen and oxygen atoms in total. The summed E-state index contributed by atoms with van der Waals surface area (Å²) in [4.78, 5) is 0. The van der Waals surface area contributed by atoms with Crippen molar-refractivity contribution in [3.63, 3.8) is 0 Å². The van der Waals surface area contributed by atoms with E-state index in [-0.39, 0.29) is 6.61 Å². The molecule has 0 atom stereocenters. The average Bonchev–Trinajstić information content (AvgIpc) is 2.60. The first kappa shape index (κ1) is 18.3. The molecule has 0 aromatic heterocycles. The van der Waals surface area contributed by atoms with Gasteiger partial charge in [-0.25, -0.2) is 0 Å². The molecule has 2 aromatic carbocycles. The number of para-hydroxylation sites is 1. The molecule has 2 N–H and O–H groups in total. The van der Waals surface area contributed by atoms with Crippen LogP contribution in [0.25, 0.3) is 0 Å². The van der Waals surface area contributed by atoms with Gasteiger partial charge in [0.25, 0.3) is 0 Å². The molecule has 0 fully saturated rings. The summed E-state index contributed by atoms with van der Waals surface area (Å²) >= 11 is 0. The van der Waals surface area contributed by atoms with Crippen LogP contribution in [0.5, 0.6) is 11.5 Å². The van der Waals surface area contributed by atoms with E-state index >= 15 is 0 Å². The van der Waals surface area contributed by atoms with Crippen LogP contribution in [0.3, 0.4) is 0 Å². The average molecular weight is 329 g/mol. The van der Waals surface area contributed by atoms with Gasteiger partial charge in [0.05, 0.1) is 6.61 Å². The number of hydrogen-bond acceptors (Lipinski definition) is 4. The number of benzene rings is 2. The third-order valence-electron chi connectivity index (χ3n) is 3.69. The molecule has 0 aliphatic heterocycles. The maximum absolute atomic E-state index is 8.74. The summed E-state index contributed by atoms with van der Waals surface area (Å²) in [5.41, 5.74) is 2.38. The molecule has 0 heterocycles. The molecule has 0 saturated heterocycles. The van der Waals surface area contributed by atoms with E-state index in [4.69, 9.17) is 14.6 Å². The lowest BCUT2D eigenvalue weighted by atomic mass is 10.0. The van der Waals surface area contributed by atoms with Crippen LogP contribution in [0, 0.1) is 0 Å². The summed E-state index contributed by atoms with van der Waals surface area (Å²) in [6, 6.07) is 16.1. The maximum Gasteiger partial charge on any atom is 0.122 e. The van der Waals surface area contributed by atoms with Crippen molar-refractivity contribution in [1.29, 1.82) is 0 Å². The lowest BCUT2D eigenvalue weighted by Crippen LogP contribution is -2.17. The molecule has 0 spiro atoms. The van der Waals surface area contributed by atoms with Gasteiger partial charge in [0, 0.05) is 13.1 Å². The van der Waals surface area contributed by atoms with Crippen LogP contribution < -0.4 is 14.8 Å². The fourth-order valence-corrected chi connectivity index (χ4v) is 2.42. The van der Waals surface area contributed by atoms with Crippen LogP contribution in [0.2, 0.25) is 0 Å². The van der Waals surface area contributed by atoms with Gasteiger partial charge < -0.3 is 19.9 Å². The van der Waals surface area contributed by atoms with E-state index < -0.39 is 0 Å². The molecular formula is C20H27NO3. The van der Waals surface area contributed by atoms with Gasteiger partial charge in [0.2, 0.25) is 0 Å². The summed E-state index contributed by atoms with van der Waals surface area (Å²) < 4.78 is 11.6. The zero-order chi connectivity index (χ0) is 17.2. The highest BCUT2D eigenvalue weighted by Crippen LogP contribution is 2.25. The largest absolute Gasteiger partial charge is 0.490 e. The zero-order valence-corrected chi connectivity index (χ0v) is 14.5. The Morgan fingerprint density at radius 1 is 0.958 bits per heavy atom. The van der Waals surface area contributed by atoms with Crippen LogP contribution in [0.15, 0.2) is 48.5 Å². The summed E-state index contributed by atoms with van der Waals surface area (Å²) in [7, 11) is 0. The Morgan fingerprint density at radius 3 is 2.38 bits per heavy atom. The van der Waals surface area contributed by atoms with E-state index in [2.05, 4.69) is 25.2 Å². The Balaban J connectivity index is 1.74. The molecule has 0 unspecified atom stereocenters. The molecule has 4 heteroatoms. The van der Waals surface area contributed by atoms with E-state index in [0.29, 0.717) is 25.7 Å². The van der Waals surface area contributed by atoms with E-state index in [1.807, 2.05) is 42.5 Å². The normalized spacial score (nSPS) is 10.8. The van der Waals surface area contributed by atoms with Crippen molar-refractivity contribution in [1.82, 2.24) is 5.32 Å². The Labute approximate surface area is 144 Å². The topological polar surface area (TPSA) is 50.7 Å². The van der Waals surface area contributed by atoms with Crippen LogP contribution >= 0.6 is 0 Å². The van der Waals surface area contributed by atoms with Gasteiger partial charge in [-0.2, -0.15) is 0 Å². The second kappa shape index (κ2) is 9.96. The van der Waals surface area contributed by atoms with Gasteiger partial charge in [-0.05, 0) is 35.2 Å². The summed E-state index contributed by atoms with van der Waals surface area (Å²) in [5.74, 6) is 2.21. The van der Waals surface area contributed by atoms with Crippen molar-refractivity contribution in [2.45, 2.75) is 26.3 Å². The van der Waals surface area contributed by atoms with Crippen molar-refractivity contribution < 1.29 is 14.6 Å². The molecule has 0 aliphatic rings. The molecule has 2 aromatic rings. The smallest absolute Gasteiger partial charge is 0.122 e. The van der Waals surface area contributed by atoms with Crippen molar-refractivity contribution in [2.75, 3.05) is 26.4 Å². The number of aliphatic hydroxyl groups excluding tert-OH is 1. The van der Waals surface area contributed by atoms with E-state index in [0.717, 1.165) is 23.6 Å². The first-order valence-corrected chi connectivity index (χ1v) is 8.45. The van der Waals surface area contributed by atoms with Crippen molar-refractivity contribution >= 4 is 0 Å². The Bertz CT molecular complexity index is 596. The minimum atomic E-state index is 0.154. The zero-order valence-electron chi connectivity index (χ0n) is 14.5. The first-order valence-electron chi connectivity index (χ1n) is 8.45. The number of nitrogens with one attached hydrogen (secondary N) is 1. The molecule has 130 valence electrons. The Hall–Kier alpha value is -2.04. The lowest BCUT2D eigenvalue weighted by molar-refractivity contribution is 0.215. The minimum absolute atomic E-state index is 0.154. The summed E-state index contributed by atoms with van der Waals surface area (Å²) in [5, 5.41) is 11.9. The molecular weight excluding hydrogens is 302 g/mol. The fraction of sp³-hybridized carbons (Fsp3) is 0.400. The van der Waals surface area contributed by atoms with Crippen LogP contribution in [0.4, 0.5) is 0 Å². The summed E-state index contributed by atoms with van der Waals surface area (Å²) in [6.45, 7) is 6.86.